The van der Waals surface area contributed by atoms with Crippen molar-refractivity contribution >= 4 is 16.9 Å². The normalized spacial score (nSPS) is 13.0. The monoisotopic (exact) mass is 288 g/mol. The number of rotatable bonds is 7. The first-order valence-electron chi connectivity index (χ1n) is 7.59. The van der Waals surface area contributed by atoms with Gasteiger partial charge in [-0.05, 0) is 31.9 Å². The predicted octanol–water partition coefficient (Wildman–Crippen LogP) is 3.35. The van der Waals surface area contributed by atoms with Crippen LogP contribution in [0.1, 0.15) is 32.8 Å². The van der Waals surface area contributed by atoms with E-state index in [2.05, 4.69) is 43.7 Å². The number of benzene rings is 1. The molecule has 4 nitrogen and oxygen atoms in total. The van der Waals surface area contributed by atoms with Crippen molar-refractivity contribution < 1.29 is 9.90 Å². The largest absolute Gasteiger partial charge is 0.480 e. The first kappa shape index (κ1) is 15.6. The van der Waals surface area contributed by atoms with Gasteiger partial charge in [-0.1, -0.05) is 25.1 Å². The summed E-state index contributed by atoms with van der Waals surface area (Å²) in [5.41, 5.74) is 2.42. The highest BCUT2D eigenvalue weighted by molar-refractivity contribution is 5.84. The van der Waals surface area contributed by atoms with Gasteiger partial charge >= 0.3 is 5.97 Å². The van der Waals surface area contributed by atoms with Crippen molar-refractivity contribution in [3.05, 3.63) is 36.0 Å². The number of aryl methyl sites for hydroxylation is 1. The van der Waals surface area contributed by atoms with Crippen molar-refractivity contribution in [1.82, 2.24) is 9.47 Å². The summed E-state index contributed by atoms with van der Waals surface area (Å²) in [5, 5.41) is 10.3. The Bertz CT molecular complexity index is 618. The first-order chi connectivity index (χ1) is 10.1. The van der Waals surface area contributed by atoms with Gasteiger partial charge < -0.3 is 9.67 Å². The van der Waals surface area contributed by atoms with Gasteiger partial charge in [-0.15, -0.1) is 0 Å². The molecule has 0 fully saturated rings. The van der Waals surface area contributed by atoms with E-state index < -0.39 is 5.97 Å². The molecular weight excluding hydrogens is 264 g/mol. The van der Waals surface area contributed by atoms with Crippen LogP contribution in [0.15, 0.2) is 30.5 Å². The van der Waals surface area contributed by atoms with Crippen LogP contribution in [0.3, 0.4) is 0 Å². The highest BCUT2D eigenvalue weighted by Gasteiger charge is 2.18. The number of carboxylic acids is 1. The molecular formula is C17H24N2O2. The maximum absolute atomic E-state index is 11.1. The molecule has 0 saturated carbocycles. The lowest BCUT2D eigenvalue weighted by molar-refractivity contribution is -0.139. The minimum Gasteiger partial charge on any atom is -0.480 e. The average Bonchev–Trinajstić information content (AvgIpc) is 2.83. The summed E-state index contributed by atoms with van der Waals surface area (Å²) >= 11 is 0. The van der Waals surface area contributed by atoms with Crippen molar-refractivity contribution in [2.24, 2.45) is 0 Å². The minimum absolute atomic E-state index is 0.0840. The molecule has 2 rings (SSSR count). The molecule has 1 N–H and O–H groups in total. The van der Waals surface area contributed by atoms with Crippen LogP contribution in [0, 0.1) is 0 Å². The van der Waals surface area contributed by atoms with Gasteiger partial charge in [0.2, 0.25) is 0 Å². The standard InChI is InChI=1S/C17H24N2O2/c1-4-13(3)19(12-17(20)21)11-14-10-18(5-2)16-9-7-6-8-15(14)16/h6-10,13H,4-5,11-12H2,1-3H3,(H,20,21). The number of hydrogen-bond acceptors (Lipinski definition) is 2. The number of aliphatic carboxylic acids is 1. The van der Waals surface area contributed by atoms with Gasteiger partial charge in [-0.2, -0.15) is 0 Å². The van der Waals surface area contributed by atoms with Crippen LogP contribution in [0.4, 0.5) is 0 Å². The zero-order valence-electron chi connectivity index (χ0n) is 13.0. The summed E-state index contributed by atoms with van der Waals surface area (Å²) in [6.07, 6.45) is 3.10. The molecule has 0 radical (unpaired) electrons. The fraction of sp³-hybridized carbons (Fsp3) is 0.471. The van der Waals surface area contributed by atoms with E-state index in [1.807, 2.05) is 17.0 Å². The molecule has 0 aliphatic heterocycles. The summed E-state index contributed by atoms with van der Waals surface area (Å²) in [4.78, 5) is 13.1. The van der Waals surface area contributed by atoms with E-state index in [1.165, 1.54) is 16.5 Å². The Morgan fingerprint density at radius 1 is 1.33 bits per heavy atom. The SMILES string of the molecule is CCC(C)N(CC(=O)O)Cc1cn(CC)c2ccccc12. The Kier molecular flexibility index (Phi) is 5.02. The Labute approximate surface area is 126 Å². The molecule has 4 heteroatoms. The van der Waals surface area contributed by atoms with E-state index >= 15 is 0 Å². The second-order valence-electron chi connectivity index (χ2n) is 5.51. The van der Waals surface area contributed by atoms with Crippen molar-refractivity contribution in [3.63, 3.8) is 0 Å². The third kappa shape index (κ3) is 3.45. The number of para-hydroxylation sites is 1. The lowest BCUT2D eigenvalue weighted by Gasteiger charge is -2.26. The van der Waals surface area contributed by atoms with E-state index in [1.54, 1.807) is 0 Å². The number of aromatic nitrogens is 1. The Balaban J connectivity index is 2.34. The van der Waals surface area contributed by atoms with E-state index in [-0.39, 0.29) is 12.6 Å². The van der Waals surface area contributed by atoms with Crippen LogP contribution in [0.2, 0.25) is 0 Å². The van der Waals surface area contributed by atoms with Crippen LogP contribution in [-0.4, -0.2) is 33.1 Å². The average molecular weight is 288 g/mol. The molecule has 1 aromatic carbocycles. The molecule has 1 atom stereocenters. The lowest BCUT2D eigenvalue weighted by Crippen LogP contribution is -2.36. The van der Waals surface area contributed by atoms with Crippen LogP contribution in [-0.2, 0) is 17.9 Å². The summed E-state index contributed by atoms with van der Waals surface area (Å²) in [6.45, 7) is 7.98. The summed E-state index contributed by atoms with van der Waals surface area (Å²) < 4.78 is 2.22. The predicted molar refractivity (Wildman–Crippen MR) is 85.4 cm³/mol. The number of carbonyl (C=O) groups is 1. The lowest BCUT2D eigenvalue weighted by atomic mass is 10.1. The van der Waals surface area contributed by atoms with Crippen LogP contribution < -0.4 is 0 Å². The Morgan fingerprint density at radius 3 is 2.67 bits per heavy atom. The molecule has 0 aliphatic carbocycles. The third-order valence-corrected chi connectivity index (χ3v) is 4.14. The molecule has 0 spiro atoms. The summed E-state index contributed by atoms with van der Waals surface area (Å²) in [5.74, 6) is -0.769. The maximum Gasteiger partial charge on any atom is 0.317 e. The van der Waals surface area contributed by atoms with E-state index in [0.29, 0.717) is 6.54 Å². The van der Waals surface area contributed by atoms with Gasteiger partial charge in [0.25, 0.3) is 0 Å². The molecule has 21 heavy (non-hydrogen) atoms. The van der Waals surface area contributed by atoms with Crippen molar-refractivity contribution in [3.8, 4) is 0 Å². The number of carboxylic acid groups (broad SMARTS) is 1. The fourth-order valence-corrected chi connectivity index (χ4v) is 2.73. The topological polar surface area (TPSA) is 45.5 Å². The fourth-order valence-electron chi connectivity index (χ4n) is 2.73. The van der Waals surface area contributed by atoms with E-state index in [9.17, 15) is 4.79 Å². The van der Waals surface area contributed by atoms with Crippen LogP contribution in [0.25, 0.3) is 10.9 Å². The first-order valence-corrected chi connectivity index (χ1v) is 7.59. The quantitative estimate of drug-likeness (QED) is 0.850. The Morgan fingerprint density at radius 2 is 2.05 bits per heavy atom. The maximum atomic E-state index is 11.1. The number of nitrogens with zero attached hydrogens (tertiary/aromatic N) is 2. The number of fused-ring (bicyclic) bond motifs is 1. The summed E-state index contributed by atoms with van der Waals surface area (Å²) in [7, 11) is 0. The number of hydrogen-bond donors (Lipinski definition) is 1. The van der Waals surface area contributed by atoms with Gasteiger partial charge in [0, 0.05) is 36.2 Å². The van der Waals surface area contributed by atoms with Gasteiger partial charge in [0.1, 0.15) is 0 Å². The molecule has 2 aromatic rings. The van der Waals surface area contributed by atoms with Crippen molar-refractivity contribution in [2.45, 2.75) is 46.3 Å². The smallest absolute Gasteiger partial charge is 0.317 e. The van der Waals surface area contributed by atoms with Crippen molar-refractivity contribution in [2.75, 3.05) is 6.54 Å². The highest BCUT2D eigenvalue weighted by Crippen LogP contribution is 2.23. The van der Waals surface area contributed by atoms with Gasteiger partial charge in [0.05, 0.1) is 6.54 Å². The molecule has 0 bridgehead atoms. The second kappa shape index (κ2) is 6.76. The van der Waals surface area contributed by atoms with E-state index in [4.69, 9.17) is 5.11 Å². The second-order valence-corrected chi connectivity index (χ2v) is 5.51. The molecule has 0 aliphatic rings. The van der Waals surface area contributed by atoms with Gasteiger partial charge in [-0.25, -0.2) is 0 Å². The van der Waals surface area contributed by atoms with Gasteiger partial charge in [-0.3, -0.25) is 9.69 Å². The molecule has 0 amide bonds. The van der Waals surface area contributed by atoms with Crippen LogP contribution in [0.5, 0.6) is 0 Å². The molecule has 114 valence electrons. The van der Waals surface area contributed by atoms with E-state index in [0.717, 1.165) is 13.0 Å². The molecule has 0 saturated heterocycles. The van der Waals surface area contributed by atoms with Crippen LogP contribution >= 0.6 is 0 Å². The molecule has 1 unspecified atom stereocenters. The summed E-state index contributed by atoms with van der Waals surface area (Å²) in [6, 6.07) is 8.57. The van der Waals surface area contributed by atoms with Crippen molar-refractivity contribution in [1.29, 1.82) is 0 Å². The minimum atomic E-state index is -0.769. The zero-order valence-corrected chi connectivity index (χ0v) is 13.0. The molecule has 1 aromatic heterocycles. The molecule has 1 heterocycles. The Hall–Kier alpha value is -1.81. The third-order valence-electron chi connectivity index (χ3n) is 4.14. The highest BCUT2D eigenvalue weighted by atomic mass is 16.4. The van der Waals surface area contributed by atoms with Gasteiger partial charge in [0.15, 0.2) is 0 Å². The zero-order chi connectivity index (χ0) is 15.4.